The number of halogens is 5. The predicted octanol–water partition coefficient (Wildman–Crippen LogP) is 5.40. The summed E-state index contributed by atoms with van der Waals surface area (Å²) in [6.07, 6.45) is -3.63. The molecule has 2 aromatic rings. The molecule has 1 amide bonds. The first-order chi connectivity index (χ1) is 16.2. The van der Waals surface area contributed by atoms with Gasteiger partial charge in [-0.3, -0.25) is 19.6 Å². The van der Waals surface area contributed by atoms with Gasteiger partial charge in [0.1, 0.15) is 0 Å². The second kappa shape index (κ2) is 9.13. The highest BCUT2D eigenvalue weighted by Gasteiger charge is 2.41. The maximum atomic E-state index is 13.6. The molecule has 5 rings (SSSR count). The molecule has 178 valence electrons. The fourth-order valence-electron chi connectivity index (χ4n) is 4.69. The first-order valence-electron chi connectivity index (χ1n) is 10.9. The summed E-state index contributed by atoms with van der Waals surface area (Å²) in [5.74, 6) is 0.486. The molecule has 0 unspecified atom stereocenters. The Morgan fingerprint density at radius 2 is 1.65 bits per heavy atom. The van der Waals surface area contributed by atoms with E-state index in [1.165, 1.54) is 12.1 Å². The van der Waals surface area contributed by atoms with Gasteiger partial charge in [-0.25, -0.2) is 0 Å². The topological polar surface area (TPSA) is 39.2 Å². The van der Waals surface area contributed by atoms with Crippen molar-refractivity contribution < 1.29 is 18.0 Å². The molecule has 0 saturated heterocycles. The summed E-state index contributed by atoms with van der Waals surface area (Å²) in [6, 6.07) is 11.1. The maximum absolute atomic E-state index is 13.6. The summed E-state index contributed by atoms with van der Waals surface area (Å²) in [6.45, 7) is 3.55. The number of guanidine groups is 1. The summed E-state index contributed by atoms with van der Waals surface area (Å²) in [5.41, 5.74) is 2.84. The molecule has 0 aliphatic carbocycles. The average molecular weight is 598 g/mol. The number of hydrogen-bond donors (Lipinski definition) is 0. The van der Waals surface area contributed by atoms with Crippen molar-refractivity contribution in [1.29, 1.82) is 0 Å². The third-order valence-electron chi connectivity index (χ3n) is 6.23. The number of fused-ring (bicyclic) bond motifs is 2. The lowest BCUT2D eigenvalue weighted by atomic mass is 10.00. The second-order valence-corrected chi connectivity index (χ2v) is 10.4. The van der Waals surface area contributed by atoms with Crippen LogP contribution < -0.4 is 0 Å². The minimum absolute atomic E-state index is 0.119. The molecule has 3 heterocycles. The Bertz CT molecular complexity index is 1170. The largest absolute Gasteiger partial charge is 0.416 e. The van der Waals surface area contributed by atoms with Gasteiger partial charge in [0, 0.05) is 47.2 Å². The number of hydrogen-bond acceptors (Lipinski definition) is 4. The molecule has 34 heavy (non-hydrogen) atoms. The fraction of sp³-hybridized carbons (Fsp3) is 0.333. The summed E-state index contributed by atoms with van der Waals surface area (Å²) in [7, 11) is 0. The average Bonchev–Trinajstić information content (AvgIpc) is 3.25. The van der Waals surface area contributed by atoms with Gasteiger partial charge in [0.15, 0.2) is 0 Å². The first kappa shape index (κ1) is 23.6. The van der Waals surface area contributed by atoms with Crippen molar-refractivity contribution in [3.05, 3.63) is 79.4 Å². The van der Waals surface area contributed by atoms with E-state index in [4.69, 9.17) is 0 Å². The van der Waals surface area contributed by atoms with Crippen molar-refractivity contribution >= 4 is 43.7 Å². The molecular weight excluding hydrogens is 577 g/mol. The van der Waals surface area contributed by atoms with Crippen molar-refractivity contribution in [2.45, 2.75) is 25.7 Å². The van der Waals surface area contributed by atoms with Gasteiger partial charge in [-0.05, 0) is 41.5 Å². The Hall–Kier alpha value is -2.17. The molecule has 0 fully saturated rings. The Morgan fingerprint density at radius 3 is 2.32 bits per heavy atom. The van der Waals surface area contributed by atoms with E-state index >= 15 is 0 Å². The summed E-state index contributed by atoms with van der Waals surface area (Å²) in [4.78, 5) is 24.1. The minimum atomic E-state index is -4.39. The second-order valence-electron chi connectivity index (χ2n) is 8.58. The van der Waals surface area contributed by atoms with E-state index in [0.717, 1.165) is 50.9 Å². The highest BCUT2D eigenvalue weighted by Crippen LogP contribution is 2.33. The Kier molecular flexibility index (Phi) is 6.32. The molecule has 3 aliphatic rings. The van der Waals surface area contributed by atoms with Gasteiger partial charge in [-0.2, -0.15) is 13.2 Å². The van der Waals surface area contributed by atoms with Crippen LogP contribution in [0.1, 0.15) is 23.1 Å². The van der Waals surface area contributed by atoms with Crippen molar-refractivity contribution in [3.8, 4) is 0 Å². The van der Waals surface area contributed by atoms with Gasteiger partial charge >= 0.3 is 6.18 Å². The zero-order valence-electron chi connectivity index (χ0n) is 18.1. The normalized spacial score (nSPS) is 18.9. The summed E-state index contributed by atoms with van der Waals surface area (Å²) >= 11 is 7.05. The number of alkyl halides is 3. The Labute approximate surface area is 212 Å². The van der Waals surface area contributed by atoms with Crippen LogP contribution >= 0.6 is 31.9 Å². The van der Waals surface area contributed by atoms with Crippen LogP contribution in [0.15, 0.2) is 67.7 Å². The van der Waals surface area contributed by atoms with E-state index in [1.54, 1.807) is 4.90 Å². The third-order valence-corrected chi connectivity index (χ3v) is 7.15. The maximum Gasteiger partial charge on any atom is 0.416 e. The van der Waals surface area contributed by atoms with E-state index in [9.17, 15) is 18.0 Å². The van der Waals surface area contributed by atoms with Gasteiger partial charge in [-0.15, -0.1) is 0 Å². The van der Waals surface area contributed by atoms with Crippen molar-refractivity contribution in [2.24, 2.45) is 4.99 Å². The van der Waals surface area contributed by atoms with Gasteiger partial charge in [0.05, 0.1) is 24.2 Å². The lowest BCUT2D eigenvalue weighted by molar-refractivity contribution is -0.137. The smallest absolute Gasteiger partial charge is 0.314 e. The van der Waals surface area contributed by atoms with Crippen molar-refractivity contribution in [2.75, 3.05) is 26.2 Å². The molecule has 0 atom stereocenters. The molecule has 10 heteroatoms. The zero-order valence-corrected chi connectivity index (χ0v) is 21.3. The van der Waals surface area contributed by atoms with Crippen LogP contribution in [0.2, 0.25) is 0 Å². The number of carbonyl (C=O) groups is 1. The number of rotatable bonds is 4. The molecule has 0 spiro atoms. The van der Waals surface area contributed by atoms with Crippen LogP contribution in [0.4, 0.5) is 13.2 Å². The quantitative estimate of drug-likeness (QED) is 0.474. The monoisotopic (exact) mass is 596 g/mol. The van der Waals surface area contributed by atoms with E-state index in [-0.39, 0.29) is 12.5 Å². The molecule has 2 aromatic carbocycles. The van der Waals surface area contributed by atoms with E-state index in [1.807, 2.05) is 6.07 Å². The molecule has 0 radical (unpaired) electrons. The molecule has 0 aromatic heterocycles. The van der Waals surface area contributed by atoms with Crippen LogP contribution in [0.25, 0.3) is 0 Å². The van der Waals surface area contributed by atoms with E-state index in [0.29, 0.717) is 37.7 Å². The Balaban J connectivity index is 1.37. The van der Waals surface area contributed by atoms with Crippen molar-refractivity contribution in [1.82, 2.24) is 14.7 Å². The molecular formula is C24H21Br2F3N4O. The first-order valence-corrected chi connectivity index (χ1v) is 12.5. The standard InChI is InChI=1S/C24H21Br2F3N4O/c25-18-9-16(10-19(26)11-18)12-31-7-5-21-20(14-31)22(34)33(23-30-6-8-32(21)23)13-15-1-3-17(4-2-15)24(27,28)29/h1-4,9-11H,5-8,12-14H2. The zero-order chi connectivity index (χ0) is 24.0. The molecule has 5 nitrogen and oxygen atoms in total. The van der Waals surface area contributed by atoms with Crippen LogP contribution in [0, 0.1) is 0 Å². The molecule has 0 bridgehead atoms. The number of amides is 1. The lowest BCUT2D eigenvalue weighted by Crippen LogP contribution is -2.53. The van der Waals surface area contributed by atoms with E-state index < -0.39 is 11.7 Å². The molecule has 3 aliphatic heterocycles. The Morgan fingerprint density at radius 1 is 0.941 bits per heavy atom. The van der Waals surface area contributed by atoms with Gasteiger partial charge < -0.3 is 4.90 Å². The third kappa shape index (κ3) is 4.67. The SMILES string of the molecule is O=C1C2=C(CCN(Cc3cc(Br)cc(Br)c3)C2)N2CCN=C2N1Cc1ccc(C(F)(F)F)cc1. The highest BCUT2D eigenvalue weighted by atomic mass is 79.9. The lowest BCUT2D eigenvalue weighted by Gasteiger charge is -2.42. The van der Waals surface area contributed by atoms with Crippen LogP contribution in [-0.4, -0.2) is 52.7 Å². The minimum Gasteiger partial charge on any atom is -0.314 e. The van der Waals surface area contributed by atoms with E-state index in [2.05, 4.69) is 58.8 Å². The van der Waals surface area contributed by atoms with Crippen LogP contribution in [-0.2, 0) is 24.1 Å². The van der Waals surface area contributed by atoms with Gasteiger partial charge in [-0.1, -0.05) is 44.0 Å². The van der Waals surface area contributed by atoms with Gasteiger partial charge in [0.2, 0.25) is 5.96 Å². The van der Waals surface area contributed by atoms with Gasteiger partial charge in [0.25, 0.3) is 5.91 Å². The molecule has 0 saturated carbocycles. The summed E-state index contributed by atoms with van der Waals surface area (Å²) in [5, 5.41) is 0. The number of benzene rings is 2. The fourth-order valence-corrected chi connectivity index (χ4v) is 6.08. The van der Waals surface area contributed by atoms with Crippen LogP contribution in [0.3, 0.4) is 0 Å². The van der Waals surface area contributed by atoms with Crippen molar-refractivity contribution in [3.63, 3.8) is 0 Å². The predicted molar refractivity (Wildman–Crippen MR) is 130 cm³/mol. The number of aliphatic imine (C=N–C) groups is 1. The molecule has 0 N–H and O–H groups in total. The summed E-state index contributed by atoms with van der Waals surface area (Å²) < 4.78 is 40.8. The number of carbonyl (C=O) groups excluding carboxylic acids is 1. The number of nitrogens with zero attached hydrogens (tertiary/aromatic N) is 4. The van der Waals surface area contributed by atoms with Crippen LogP contribution in [0.5, 0.6) is 0 Å². The highest BCUT2D eigenvalue weighted by molar-refractivity contribution is 9.11.